The molecule has 0 aliphatic rings. The highest BCUT2D eigenvalue weighted by Gasteiger charge is 2.16. The van der Waals surface area contributed by atoms with E-state index >= 15 is 0 Å². The SMILES string of the molecule is CCCc1nn(CC(=O)NCCCn2ccc(C)n2)c(=O)c2cc3ccsc3n12. The molecule has 0 spiro atoms. The van der Waals surface area contributed by atoms with Crippen LogP contribution in [-0.4, -0.2) is 36.4 Å². The molecule has 4 rings (SSSR count). The first-order chi connectivity index (χ1) is 14.1. The van der Waals surface area contributed by atoms with E-state index in [9.17, 15) is 9.59 Å². The zero-order valence-corrected chi connectivity index (χ0v) is 17.4. The van der Waals surface area contributed by atoms with Crippen LogP contribution in [0.15, 0.2) is 34.6 Å². The predicted octanol–water partition coefficient (Wildman–Crippen LogP) is 2.37. The van der Waals surface area contributed by atoms with Gasteiger partial charge >= 0.3 is 0 Å². The molecule has 4 aromatic heterocycles. The van der Waals surface area contributed by atoms with E-state index in [4.69, 9.17) is 0 Å². The number of nitrogens with zero attached hydrogens (tertiary/aromatic N) is 5. The highest BCUT2D eigenvalue weighted by Crippen LogP contribution is 2.24. The number of hydrogen-bond acceptors (Lipinski definition) is 5. The van der Waals surface area contributed by atoms with Crippen molar-refractivity contribution in [2.75, 3.05) is 6.54 Å². The number of amides is 1. The summed E-state index contributed by atoms with van der Waals surface area (Å²) in [6.07, 6.45) is 4.34. The minimum atomic E-state index is -0.240. The molecule has 8 nitrogen and oxygen atoms in total. The van der Waals surface area contributed by atoms with Gasteiger partial charge in [0.05, 0.1) is 5.69 Å². The van der Waals surface area contributed by atoms with Crippen LogP contribution in [0.1, 0.15) is 31.3 Å². The summed E-state index contributed by atoms with van der Waals surface area (Å²) in [7, 11) is 0. The topological polar surface area (TPSA) is 86.2 Å². The fourth-order valence-electron chi connectivity index (χ4n) is 3.44. The van der Waals surface area contributed by atoms with Crippen molar-refractivity contribution < 1.29 is 4.79 Å². The molecule has 0 unspecified atom stereocenters. The minimum absolute atomic E-state index is 0.0776. The molecule has 0 aromatic carbocycles. The van der Waals surface area contributed by atoms with Crippen molar-refractivity contribution in [1.82, 2.24) is 29.3 Å². The molecule has 29 heavy (non-hydrogen) atoms. The van der Waals surface area contributed by atoms with Crippen LogP contribution in [0, 0.1) is 6.92 Å². The molecule has 0 radical (unpaired) electrons. The summed E-state index contributed by atoms with van der Waals surface area (Å²) >= 11 is 1.59. The number of carbonyl (C=O) groups is 1. The number of fused-ring (bicyclic) bond motifs is 3. The van der Waals surface area contributed by atoms with Crippen molar-refractivity contribution in [2.45, 2.75) is 46.2 Å². The minimum Gasteiger partial charge on any atom is -0.354 e. The Bertz CT molecular complexity index is 1210. The van der Waals surface area contributed by atoms with Crippen molar-refractivity contribution in [3.05, 3.63) is 51.6 Å². The Hall–Kier alpha value is -2.94. The third-order valence-corrected chi connectivity index (χ3v) is 5.70. The van der Waals surface area contributed by atoms with E-state index in [0.717, 1.165) is 47.5 Å². The van der Waals surface area contributed by atoms with E-state index < -0.39 is 0 Å². The molecule has 1 N–H and O–H groups in total. The smallest absolute Gasteiger partial charge is 0.291 e. The number of hydrogen-bond donors (Lipinski definition) is 1. The molecule has 0 bridgehead atoms. The van der Waals surface area contributed by atoms with Crippen LogP contribution in [0.3, 0.4) is 0 Å². The number of thiophene rings is 1. The second kappa shape index (κ2) is 8.20. The maximum Gasteiger partial charge on any atom is 0.291 e. The van der Waals surface area contributed by atoms with E-state index in [1.807, 2.05) is 45.8 Å². The molecule has 0 aliphatic carbocycles. The van der Waals surface area contributed by atoms with Crippen LogP contribution in [0.5, 0.6) is 0 Å². The molecule has 0 fully saturated rings. The molecule has 9 heteroatoms. The molecule has 4 aromatic rings. The summed E-state index contributed by atoms with van der Waals surface area (Å²) in [5.41, 5.74) is 1.31. The van der Waals surface area contributed by atoms with Crippen LogP contribution >= 0.6 is 11.3 Å². The lowest BCUT2D eigenvalue weighted by Crippen LogP contribution is -2.35. The molecule has 0 aliphatic heterocycles. The lowest BCUT2D eigenvalue weighted by atomic mass is 10.3. The molecular weight excluding hydrogens is 388 g/mol. The lowest BCUT2D eigenvalue weighted by molar-refractivity contribution is -0.121. The van der Waals surface area contributed by atoms with Crippen molar-refractivity contribution in [1.29, 1.82) is 0 Å². The van der Waals surface area contributed by atoms with Gasteiger partial charge < -0.3 is 5.32 Å². The fourth-order valence-corrected chi connectivity index (χ4v) is 4.36. The first-order valence-corrected chi connectivity index (χ1v) is 10.7. The summed E-state index contributed by atoms with van der Waals surface area (Å²) in [6, 6.07) is 5.84. The van der Waals surface area contributed by atoms with Gasteiger partial charge in [-0.25, -0.2) is 4.68 Å². The monoisotopic (exact) mass is 412 g/mol. The number of aryl methyl sites for hydroxylation is 3. The Labute approximate surface area is 171 Å². The Balaban J connectivity index is 1.47. The van der Waals surface area contributed by atoms with Gasteiger partial charge in [0.1, 0.15) is 22.7 Å². The van der Waals surface area contributed by atoms with E-state index in [1.165, 1.54) is 4.68 Å². The van der Waals surface area contributed by atoms with Crippen LogP contribution in [0.25, 0.3) is 15.7 Å². The average Bonchev–Trinajstić information content (AvgIpc) is 3.39. The molecule has 4 heterocycles. The van der Waals surface area contributed by atoms with Gasteiger partial charge in [0.25, 0.3) is 5.56 Å². The van der Waals surface area contributed by atoms with Crippen molar-refractivity contribution >= 4 is 33.0 Å². The Morgan fingerprint density at radius 3 is 2.90 bits per heavy atom. The number of aromatic nitrogens is 5. The average molecular weight is 413 g/mol. The Morgan fingerprint density at radius 2 is 2.14 bits per heavy atom. The Morgan fingerprint density at radius 1 is 1.28 bits per heavy atom. The maximum atomic E-state index is 12.9. The largest absolute Gasteiger partial charge is 0.354 e. The van der Waals surface area contributed by atoms with Gasteiger partial charge in [-0.05, 0) is 43.3 Å². The third kappa shape index (κ3) is 3.95. The third-order valence-electron chi connectivity index (χ3n) is 4.79. The zero-order chi connectivity index (χ0) is 20.4. The summed E-state index contributed by atoms with van der Waals surface area (Å²) < 4.78 is 5.08. The first kappa shape index (κ1) is 19.4. The van der Waals surface area contributed by atoms with Crippen LogP contribution in [-0.2, 0) is 24.3 Å². The highest BCUT2D eigenvalue weighted by molar-refractivity contribution is 7.16. The number of carbonyl (C=O) groups excluding carboxylic acids is 1. The lowest BCUT2D eigenvalue weighted by Gasteiger charge is -2.11. The van der Waals surface area contributed by atoms with E-state index in [0.29, 0.717) is 12.1 Å². The zero-order valence-electron chi connectivity index (χ0n) is 16.6. The molecule has 0 saturated carbocycles. The van der Waals surface area contributed by atoms with Crippen LogP contribution in [0.2, 0.25) is 0 Å². The van der Waals surface area contributed by atoms with Gasteiger partial charge in [0.15, 0.2) is 0 Å². The van der Waals surface area contributed by atoms with E-state index in [1.54, 1.807) is 11.3 Å². The van der Waals surface area contributed by atoms with Gasteiger partial charge in [-0.1, -0.05) is 6.92 Å². The molecular formula is C20H24N6O2S. The van der Waals surface area contributed by atoms with Gasteiger partial charge in [-0.15, -0.1) is 11.3 Å². The summed E-state index contributed by atoms with van der Waals surface area (Å²) in [6.45, 7) is 5.20. The molecule has 0 atom stereocenters. The van der Waals surface area contributed by atoms with Crippen LogP contribution < -0.4 is 10.9 Å². The second-order valence-electron chi connectivity index (χ2n) is 7.10. The maximum absolute atomic E-state index is 12.9. The summed E-state index contributed by atoms with van der Waals surface area (Å²) in [4.78, 5) is 26.3. The molecule has 1 amide bonds. The van der Waals surface area contributed by atoms with Gasteiger partial charge in [-0.3, -0.25) is 18.7 Å². The normalized spacial score (nSPS) is 11.5. The number of nitrogens with one attached hydrogen (secondary N) is 1. The van der Waals surface area contributed by atoms with Crippen molar-refractivity contribution in [2.24, 2.45) is 0 Å². The molecule has 0 saturated heterocycles. The summed E-state index contributed by atoms with van der Waals surface area (Å²) in [5.74, 6) is 0.595. The van der Waals surface area contributed by atoms with Crippen molar-refractivity contribution in [3.63, 3.8) is 0 Å². The fraction of sp³-hybridized carbons (Fsp3) is 0.400. The number of rotatable bonds is 8. The highest BCUT2D eigenvalue weighted by atomic mass is 32.1. The first-order valence-electron chi connectivity index (χ1n) is 9.82. The van der Waals surface area contributed by atoms with Crippen LogP contribution in [0.4, 0.5) is 0 Å². The van der Waals surface area contributed by atoms with Crippen molar-refractivity contribution in [3.8, 4) is 0 Å². The molecule has 152 valence electrons. The van der Waals surface area contributed by atoms with E-state index in [2.05, 4.69) is 22.4 Å². The van der Waals surface area contributed by atoms with Gasteiger partial charge in [0.2, 0.25) is 5.91 Å². The predicted molar refractivity (Wildman–Crippen MR) is 113 cm³/mol. The Kier molecular flexibility index (Phi) is 5.48. The van der Waals surface area contributed by atoms with Gasteiger partial charge in [0, 0.05) is 31.1 Å². The van der Waals surface area contributed by atoms with Gasteiger partial charge in [-0.2, -0.15) is 10.2 Å². The van der Waals surface area contributed by atoms with E-state index in [-0.39, 0.29) is 18.0 Å². The second-order valence-corrected chi connectivity index (χ2v) is 7.99. The quantitative estimate of drug-likeness (QED) is 0.450. The standard InChI is InChI=1S/C20H24N6O2S/c1-3-5-17-23-25(19(28)16-12-15-7-11-29-20(15)26(16)17)13-18(27)21-8-4-9-24-10-6-14(2)22-24/h6-7,10-12H,3-5,8-9,13H2,1-2H3,(H,21,27). The summed E-state index contributed by atoms with van der Waals surface area (Å²) in [5, 5.41) is 14.7.